The Balaban J connectivity index is 1.90. The number of nitro groups is 1. The fraction of sp³-hybridized carbons (Fsp3) is 0.471. The van der Waals surface area contributed by atoms with Crippen molar-refractivity contribution < 1.29 is 19.3 Å². The van der Waals surface area contributed by atoms with Gasteiger partial charge in [0.15, 0.2) is 5.41 Å². The zero-order valence-electron chi connectivity index (χ0n) is 14.2. The Morgan fingerprint density at radius 2 is 2.04 bits per heavy atom. The molecule has 0 radical (unpaired) electrons. The molecule has 3 aliphatic heterocycles. The van der Waals surface area contributed by atoms with Gasteiger partial charge in [0, 0.05) is 37.8 Å². The van der Waals surface area contributed by atoms with E-state index in [4.69, 9.17) is 0 Å². The van der Waals surface area contributed by atoms with E-state index in [0.29, 0.717) is 18.5 Å². The van der Waals surface area contributed by atoms with Gasteiger partial charge in [0.05, 0.1) is 11.0 Å². The summed E-state index contributed by atoms with van der Waals surface area (Å²) >= 11 is 0. The van der Waals surface area contributed by atoms with E-state index in [1.807, 2.05) is 4.90 Å². The number of carbonyl (C=O) groups is 3. The smallest absolute Gasteiger partial charge is 0.330 e. The number of rotatable bonds is 1. The monoisotopic (exact) mass is 358 g/mol. The molecule has 136 valence electrons. The van der Waals surface area contributed by atoms with Crippen molar-refractivity contribution in [2.45, 2.75) is 31.7 Å². The highest BCUT2D eigenvalue weighted by Crippen LogP contribution is 2.48. The van der Waals surface area contributed by atoms with Crippen molar-refractivity contribution in [3.63, 3.8) is 0 Å². The summed E-state index contributed by atoms with van der Waals surface area (Å²) in [5.74, 6) is -1.15. The van der Waals surface area contributed by atoms with Gasteiger partial charge in [-0.15, -0.1) is 0 Å². The number of nitro benzene ring substituents is 1. The number of hydrogen-bond acceptors (Lipinski definition) is 6. The molecular formula is C17H18N4O5. The maximum atomic E-state index is 13.1. The van der Waals surface area contributed by atoms with Crippen LogP contribution in [0.1, 0.15) is 24.8 Å². The summed E-state index contributed by atoms with van der Waals surface area (Å²) in [6.45, 7) is 0.662. The molecule has 1 aromatic carbocycles. The molecule has 1 spiro atoms. The number of piperidine rings is 1. The first-order chi connectivity index (χ1) is 12.4. The minimum Gasteiger partial charge on any atom is -0.367 e. The molecule has 2 atom stereocenters. The lowest BCUT2D eigenvalue weighted by atomic mass is 9.66. The zero-order chi connectivity index (χ0) is 18.6. The molecule has 26 heavy (non-hydrogen) atoms. The lowest BCUT2D eigenvalue weighted by Gasteiger charge is -2.53. The Bertz CT molecular complexity index is 854. The summed E-state index contributed by atoms with van der Waals surface area (Å²) in [5, 5.41) is 13.4. The van der Waals surface area contributed by atoms with Crippen LogP contribution in [0.25, 0.3) is 0 Å². The minimum atomic E-state index is -1.44. The first-order valence-corrected chi connectivity index (χ1v) is 8.54. The molecule has 3 heterocycles. The van der Waals surface area contributed by atoms with Crippen LogP contribution in [0.3, 0.4) is 0 Å². The van der Waals surface area contributed by atoms with Crippen LogP contribution >= 0.6 is 0 Å². The highest BCUT2D eigenvalue weighted by molar-refractivity contribution is 6.20. The highest BCUT2D eigenvalue weighted by Gasteiger charge is 2.61. The van der Waals surface area contributed by atoms with E-state index in [2.05, 4.69) is 5.32 Å². The number of imide groups is 2. The third kappa shape index (κ3) is 2.06. The molecule has 1 N–H and O–H groups in total. The van der Waals surface area contributed by atoms with Crippen molar-refractivity contribution in [2.24, 2.45) is 5.41 Å². The van der Waals surface area contributed by atoms with E-state index in [1.165, 1.54) is 19.2 Å². The molecule has 0 bridgehead atoms. The Kier molecular flexibility index (Phi) is 3.50. The topological polar surface area (TPSA) is 113 Å². The number of urea groups is 1. The van der Waals surface area contributed by atoms with Gasteiger partial charge in [0.2, 0.25) is 11.8 Å². The fourth-order valence-electron chi connectivity index (χ4n) is 4.49. The van der Waals surface area contributed by atoms with Crippen molar-refractivity contribution in [3.8, 4) is 0 Å². The van der Waals surface area contributed by atoms with Crippen molar-refractivity contribution in [2.75, 3.05) is 18.5 Å². The van der Waals surface area contributed by atoms with Crippen LogP contribution in [0, 0.1) is 15.5 Å². The standard InChI is InChI=1S/C17H18N4O5/c1-19-15(23)17(14(22)18-16(19)24)9-10-8-11(21(25)26)5-6-12(10)20-7-3-2-4-13(17)20/h5-6,8,13H,2-4,7,9H2,1H3,(H,18,22,24)/t13-,17-/m0/s1. The zero-order valence-corrected chi connectivity index (χ0v) is 14.2. The van der Waals surface area contributed by atoms with Crippen molar-refractivity contribution in [1.29, 1.82) is 0 Å². The molecular weight excluding hydrogens is 340 g/mol. The average molecular weight is 358 g/mol. The fourth-order valence-corrected chi connectivity index (χ4v) is 4.49. The predicted molar refractivity (Wildman–Crippen MR) is 90.5 cm³/mol. The molecule has 0 aromatic heterocycles. The molecule has 0 aliphatic carbocycles. The van der Waals surface area contributed by atoms with Gasteiger partial charge >= 0.3 is 6.03 Å². The maximum Gasteiger partial charge on any atom is 0.330 e. The van der Waals surface area contributed by atoms with Gasteiger partial charge < -0.3 is 4.90 Å². The van der Waals surface area contributed by atoms with Crippen LogP contribution in [0.2, 0.25) is 0 Å². The average Bonchev–Trinajstić information content (AvgIpc) is 2.64. The minimum absolute atomic E-state index is 0.0491. The molecule has 9 heteroatoms. The number of carbonyl (C=O) groups excluding carboxylic acids is 3. The summed E-state index contributed by atoms with van der Waals surface area (Å²) in [6, 6.07) is 3.46. The van der Waals surface area contributed by atoms with Gasteiger partial charge in [0.25, 0.3) is 5.69 Å². The van der Waals surface area contributed by atoms with E-state index in [-0.39, 0.29) is 18.2 Å². The number of nitrogens with one attached hydrogen (secondary N) is 1. The molecule has 4 rings (SSSR count). The molecule has 0 unspecified atom stereocenters. The first-order valence-electron chi connectivity index (χ1n) is 8.54. The lowest BCUT2D eigenvalue weighted by molar-refractivity contribution is -0.384. The Labute approximate surface area is 149 Å². The number of barbiturate groups is 1. The molecule has 9 nitrogen and oxygen atoms in total. The molecule has 4 amide bonds. The van der Waals surface area contributed by atoms with E-state index in [1.54, 1.807) is 6.07 Å². The summed E-state index contributed by atoms with van der Waals surface area (Å²) in [7, 11) is 1.35. The second-order valence-electron chi connectivity index (χ2n) is 7.05. The third-order valence-electron chi connectivity index (χ3n) is 5.74. The van der Waals surface area contributed by atoms with Gasteiger partial charge in [-0.05, 0) is 30.9 Å². The van der Waals surface area contributed by atoms with Crippen molar-refractivity contribution in [1.82, 2.24) is 10.2 Å². The van der Waals surface area contributed by atoms with Crippen LogP contribution in [-0.2, 0) is 16.0 Å². The second kappa shape index (κ2) is 5.52. The number of amides is 4. The molecule has 1 aromatic rings. The predicted octanol–water partition coefficient (Wildman–Crippen LogP) is 1.20. The van der Waals surface area contributed by atoms with Crippen LogP contribution in [0.4, 0.5) is 16.2 Å². The van der Waals surface area contributed by atoms with E-state index in [0.717, 1.165) is 23.4 Å². The summed E-state index contributed by atoms with van der Waals surface area (Å²) in [5.41, 5.74) is -0.109. The van der Waals surface area contributed by atoms with Crippen molar-refractivity contribution in [3.05, 3.63) is 33.9 Å². The normalized spacial score (nSPS) is 27.9. The number of anilines is 1. The van der Waals surface area contributed by atoms with Gasteiger partial charge in [0.1, 0.15) is 0 Å². The van der Waals surface area contributed by atoms with E-state index >= 15 is 0 Å². The van der Waals surface area contributed by atoms with E-state index < -0.39 is 28.2 Å². The lowest BCUT2D eigenvalue weighted by Crippen LogP contribution is -2.72. The van der Waals surface area contributed by atoms with E-state index in [9.17, 15) is 24.5 Å². The van der Waals surface area contributed by atoms with Crippen LogP contribution in [-0.4, -0.2) is 47.3 Å². The highest BCUT2D eigenvalue weighted by atomic mass is 16.6. The number of non-ortho nitro benzene ring substituents is 1. The molecule has 3 aliphatic rings. The largest absolute Gasteiger partial charge is 0.367 e. The van der Waals surface area contributed by atoms with Crippen LogP contribution < -0.4 is 10.2 Å². The quantitative estimate of drug-likeness (QED) is 0.459. The first kappa shape index (κ1) is 16.5. The van der Waals surface area contributed by atoms with Crippen LogP contribution in [0.15, 0.2) is 18.2 Å². The second-order valence-corrected chi connectivity index (χ2v) is 7.05. The number of benzene rings is 1. The Morgan fingerprint density at radius 1 is 1.27 bits per heavy atom. The van der Waals surface area contributed by atoms with Crippen LogP contribution in [0.5, 0.6) is 0 Å². The molecule has 2 fully saturated rings. The maximum absolute atomic E-state index is 13.1. The van der Waals surface area contributed by atoms with Gasteiger partial charge in [-0.3, -0.25) is 29.9 Å². The summed E-state index contributed by atoms with van der Waals surface area (Å²) in [6.07, 6.45) is 2.49. The van der Waals surface area contributed by atoms with Gasteiger partial charge in [-0.25, -0.2) is 4.79 Å². The number of fused-ring (bicyclic) bond motifs is 4. The number of nitrogens with zero attached hydrogens (tertiary/aromatic N) is 3. The SMILES string of the molecule is CN1C(=O)NC(=O)[C@@]2(Cc3cc([N+](=O)[O-])ccc3N3CCCC[C@H]32)C1=O. The Hall–Kier alpha value is -2.97. The third-order valence-corrected chi connectivity index (χ3v) is 5.74. The molecule has 0 saturated carbocycles. The summed E-state index contributed by atoms with van der Waals surface area (Å²) in [4.78, 5) is 51.4. The Morgan fingerprint density at radius 3 is 2.77 bits per heavy atom. The summed E-state index contributed by atoms with van der Waals surface area (Å²) < 4.78 is 0. The van der Waals surface area contributed by atoms with Gasteiger partial charge in [-0.2, -0.15) is 0 Å². The molecule has 2 saturated heterocycles. The number of hydrogen-bond donors (Lipinski definition) is 1. The van der Waals surface area contributed by atoms with Crippen molar-refractivity contribution >= 4 is 29.2 Å². The van der Waals surface area contributed by atoms with Gasteiger partial charge in [-0.1, -0.05) is 0 Å².